The Balaban J connectivity index is 1.17. The molecule has 0 radical (unpaired) electrons. The van der Waals surface area contributed by atoms with Gasteiger partial charge in [-0.15, -0.1) is 0 Å². The van der Waals surface area contributed by atoms with Crippen LogP contribution in [0.3, 0.4) is 0 Å². The van der Waals surface area contributed by atoms with Gasteiger partial charge in [0.15, 0.2) is 23.3 Å². The van der Waals surface area contributed by atoms with E-state index >= 15 is 0 Å². The molecule has 8 N–H and O–H groups in total. The van der Waals surface area contributed by atoms with Crippen LogP contribution in [0.25, 0.3) is 0 Å². The summed E-state index contributed by atoms with van der Waals surface area (Å²) in [4.78, 5) is 54.2. The van der Waals surface area contributed by atoms with E-state index in [1.54, 1.807) is 12.1 Å². The second kappa shape index (κ2) is 8.59. The molecule has 41 heavy (non-hydrogen) atoms. The summed E-state index contributed by atoms with van der Waals surface area (Å²) in [6.45, 7) is 0.737. The van der Waals surface area contributed by atoms with Crippen molar-refractivity contribution in [2.45, 2.75) is 48.5 Å². The van der Waals surface area contributed by atoms with Crippen molar-refractivity contribution in [1.82, 2.24) is 25.3 Å². The highest BCUT2D eigenvalue weighted by atomic mass is 16.5. The van der Waals surface area contributed by atoms with E-state index in [0.29, 0.717) is 18.9 Å². The summed E-state index contributed by atoms with van der Waals surface area (Å²) >= 11 is 0. The number of amides is 4. The first-order chi connectivity index (χ1) is 19.5. The number of carbonyl (C=O) groups is 3. The lowest BCUT2D eigenvalue weighted by molar-refractivity contribution is -0.230. The Hall–Kier alpha value is -4.31. The molecular weight excluding hydrogens is 536 g/mol. The largest absolute Gasteiger partial charge is 0.489 e. The zero-order valence-corrected chi connectivity index (χ0v) is 22.4. The van der Waals surface area contributed by atoms with Crippen LogP contribution in [0, 0.1) is 0 Å². The zero-order chi connectivity index (χ0) is 28.8. The SMILES string of the molecule is CN1CCOc2c(C(=O)N[C@H]3CN4C(N)=N[C@@H](CN5C(=O)CN(C6CC6)C5=O)C5N=C(N)NC54C3(O)O)cccc21. The Labute approximate surface area is 234 Å². The van der Waals surface area contributed by atoms with E-state index in [9.17, 15) is 24.6 Å². The van der Waals surface area contributed by atoms with Crippen LogP contribution in [0.4, 0.5) is 10.5 Å². The number of carbonyl (C=O) groups excluding carboxylic acids is 3. The summed E-state index contributed by atoms with van der Waals surface area (Å²) in [5, 5.41) is 29.1. The predicted octanol–water partition coefficient (Wildman–Crippen LogP) is -3.28. The number of fused-ring (bicyclic) bond motifs is 1. The fourth-order valence-corrected chi connectivity index (χ4v) is 6.63. The van der Waals surface area contributed by atoms with Crippen LogP contribution in [0.15, 0.2) is 28.2 Å². The third-order valence-corrected chi connectivity index (χ3v) is 8.87. The van der Waals surface area contributed by atoms with Gasteiger partial charge in [-0.3, -0.25) is 14.5 Å². The molecule has 1 aromatic rings. The number of hydrogen-bond donors (Lipinski definition) is 6. The first-order valence-electron chi connectivity index (χ1n) is 13.6. The van der Waals surface area contributed by atoms with Gasteiger partial charge in [0.1, 0.15) is 25.2 Å². The summed E-state index contributed by atoms with van der Waals surface area (Å²) in [5.74, 6) is -3.38. The van der Waals surface area contributed by atoms with Gasteiger partial charge in [-0.05, 0) is 25.0 Å². The first kappa shape index (κ1) is 25.6. The molecule has 2 unspecified atom stereocenters. The van der Waals surface area contributed by atoms with Crippen molar-refractivity contribution in [3.8, 4) is 5.75 Å². The Morgan fingerprint density at radius 3 is 2.78 bits per heavy atom. The maximum Gasteiger partial charge on any atom is 0.327 e. The lowest BCUT2D eigenvalue weighted by Gasteiger charge is -2.49. The van der Waals surface area contributed by atoms with Crippen molar-refractivity contribution < 1.29 is 29.3 Å². The van der Waals surface area contributed by atoms with Gasteiger partial charge in [0.25, 0.3) is 5.91 Å². The second-order valence-electron chi connectivity index (χ2n) is 11.3. The van der Waals surface area contributed by atoms with E-state index in [4.69, 9.17) is 16.2 Å². The predicted molar refractivity (Wildman–Crippen MR) is 144 cm³/mol. The molecule has 7 rings (SSSR count). The number of nitrogens with two attached hydrogens (primary N) is 2. The Morgan fingerprint density at radius 2 is 2.02 bits per heavy atom. The maximum atomic E-state index is 13.5. The third kappa shape index (κ3) is 3.56. The quantitative estimate of drug-likeness (QED) is 0.153. The standard InChI is InChI=1S/C25H32N10O6/c1-32-7-8-41-18-13(3-2-4-15(18)32)20(37)29-16-10-35-22(27)28-14(19-24(35,25(16,39)40)31-21(26)30-19)9-34-17(36)11-33(23(34)38)12-5-6-12/h2-4,12,14,16,19,39-40H,5-11H2,1H3,(H2,27,28)(H,29,37)(H3,26,30,31)/t14-,16-,19?,24?/m0/s1. The molecule has 6 aliphatic rings. The molecule has 3 fully saturated rings. The van der Waals surface area contributed by atoms with Gasteiger partial charge >= 0.3 is 6.03 Å². The van der Waals surface area contributed by atoms with Crippen molar-refractivity contribution in [3.05, 3.63) is 23.8 Å². The molecule has 16 nitrogen and oxygen atoms in total. The topological polar surface area (TPSA) is 215 Å². The fraction of sp³-hybridized carbons (Fsp3) is 0.560. The number of aliphatic imine (C=N–C) groups is 2. The van der Waals surface area contributed by atoms with Crippen molar-refractivity contribution in [2.24, 2.45) is 21.5 Å². The second-order valence-corrected chi connectivity index (χ2v) is 11.3. The van der Waals surface area contributed by atoms with E-state index in [1.807, 2.05) is 18.0 Å². The summed E-state index contributed by atoms with van der Waals surface area (Å²) in [6.07, 6.45) is 1.71. The Bertz CT molecular complexity index is 1410. The highest BCUT2D eigenvalue weighted by molar-refractivity contribution is 6.02. The van der Waals surface area contributed by atoms with Crippen LogP contribution in [-0.4, -0.2) is 130 Å². The van der Waals surface area contributed by atoms with Gasteiger partial charge in [0, 0.05) is 19.6 Å². The van der Waals surface area contributed by atoms with Gasteiger partial charge in [0.2, 0.25) is 11.7 Å². The number of aliphatic hydroxyl groups is 2. The number of imide groups is 1. The van der Waals surface area contributed by atoms with Gasteiger partial charge in [0.05, 0.1) is 30.4 Å². The molecule has 4 amide bonds. The molecule has 2 saturated heterocycles. The average Bonchev–Trinajstić information content (AvgIpc) is 3.60. The van der Waals surface area contributed by atoms with Crippen LogP contribution in [-0.2, 0) is 4.79 Å². The zero-order valence-electron chi connectivity index (χ0n) is 22.4. The van der Waals surface area contributed by atoms with E-state index < -0.39 is 41.5 Å². The molecule has 5 aliphatic heterocycles. The minimum atomic E-state index is -2.66. The van der Waals surface area contributed by atoms with Crippen LogP contribution >= 0.6 is 0 Å². The maximum absolute atomic E-state index is 13.5. The Kier molecular flexibility index (Phi) is 5.38. The highest BCUT2D eigenvalue weighted by Gasteiger charge is 2.73. The lowest BCUT2D eigenvalue weighted by Crippen LogP contribution is -2.78. The van der Waals surface area contributed by atoms with Crippen molar-refractivity contribution in [1.29, 1.82) is 0 Å². The summed E-state index contributed by atoms with van der Waals surface area (Å²) in [6, 6.07) is 1.56. The van der Waals surface area contributed by atoms with E-state index in [-0.39, 0.29) is 49.1 Å². The lowest BCUT2D eigenvalue weighted by atomic mass is 9.84. The Morgan fingerprint density at radius 1 is 1.24 bits per heavy atom. The molecular formula is C25H32N10O6. The van der Waals surface area contributed by atoms with Crippen LogP contribution in [0.1, 0.15) is 23.2 Å². The number of para-hydroxylation sites is 1. The van der Waals surface area contributed by atoms with Crippen molar-refractivity contribution in [2.75, 3.05) is 44.7 Å². The van der Waals surface area contributed by atoms with Crippen molar-refractivity contribution >= 4 is 35.5 Å². The van der Waals surface area contributed by atoms with E-state index in [1.165, 1.54) is 9.80 Å². The number of hydrogen-bond acceptors (Lipinski definition) is 13. The average molecular weight is 569 g/mol. The fourth-order valence-electron chi connectivity index (χ4n) is 6.63. The van der Waals surface area contributed by atoms with Crippen LogP contribution in [0.2, 0.25) is 0 Å². The van der Waals surface area contributed by atoms with Gasteiger partial charge in [-0.25, -0.2) is 14.8 Å². The summed E-state index contributed by atoms with van der Waals surface area (Å²) in [7, 11) is 1.89. The minimum Gasteiger partial charge on any atom is -0.489 e. The number of benzene rings is 1. The minimum absolute atomic E-state index is 0.0122. The molecule has 1 spiro atoms. The van der Waals surface area contributed by atoms with Gasteiger partial charge in [-0.1, -0.05) is 6.07 Å². The molecule has 16 heteroatoms. The van der Waals surface area contributed by atoms with Gasteiger partial charge in [-0.2, -0.15) is 0 Å². The van der Waals surface area contributed by atoms with Crippen LogP contribution in [0.5, 0.6) is 5.75 Å². The molecule has 4 atom stereocenters. The number of guanidine groups is 2. The van der Waals surface area contributed by atoms with Gasteiger partial charge < -0.3 is 51.8 Å². The molecule has 1 saturated carbocycles. The van der Waals surface area contributed by atoms with E-state index in [0.717, 1.165) is 23.4 Å². The van der Waals surface area contributed by atoms with E-state index in [2.05, 4.69) is 20.6 Å². The summed E-state index contributed by atoms with van der Waals surface area (Å²) in [5.41, 5.74) is 11.6. The molecule has 5 heterocycles. The third-order valence-electron chi connectivity index (χ3n) is 8.87. The molecule has 218 valence electrons. The number of urea groups is 1. The number of rotatable bonds is 5. The molecule has 0 bridgehead atoms. The van der Waals surface area contributed by atoms with Crippen LogP contribution < -0.4 is 31.7 Å². The van der Waals surface area contributed by atoms with Crippen molar-refractivity contribution in [3.63, 3.8) is 0 Å². The highest BCUT2D eigenvalue weighted by Crippen LogP contribution is 2.45. The molecule has 1 aromatic carbocycles. The number of ether oxygens (including phenoxy) is 1. The number of nitrogens with zero attached hydrogens (tertiary/aromatic N) is 6. The normalized spacial score (nSPS) is 31.6. The number of nitrogens with one attached hydrogen (secondary N) is 2. The monoisotopic (exact) mass is 568 g/mol. The number of likely N-dealkylation sites (N-methyl/N-ethyl adjacent to an activating group) is 1. The molecule has 0 aromatic heterocycles. The number of anilines is 1. The molecule has 1 aliphatic carbocycles. The first-order valence-corrected chi connectivity index (χ1v) is 13.6. The smallest absolute Gasteiger partial charge is 0.327 e. The summed E-state index contributed by atoms with van der Waals surface area (Å²) < 4.78 is 5.79.